The normalized spacial score (nSPS) is 11.7. The van der Waals surface area contributed by atoms with Gasteiger partial charge in [-0.2, -0.15) is 0 Å². The zero-order valence-corrected chi connectivity index (χ0v) is 14.3. The third-order valence-corrected chi connectivity index (χ3v) is 3.82. The fourth-order valence-corrected chi connectivity index (χ4v) is 2.67. The average molecular weight is 354 g/mol. The lowest BCUT2D eigenvalue weighted by Gasteiger charge is -2.17. The van der Waals surface area contributed by atoms with Crippen molar-refractivity contribution in [1.82, 2.24) is 15.6 Å². The maximum atomic E-state index is 12.0. The number of methoxy groups -OCH3 is 1. The Hall–Kier alpha value is -1.98. The molecule has 122 valence electrons. The van der Waals surface area contributed by atoms with Crippen LogP contribution >= 0.6 is 23.2 Å². The van der Waals surface area contributed by atoms with E-state index in [1.807, 2.05) is 13.0 Å². The highest BCUT2D eigenvalue weighted by Gasteiger charge is 2.13. The van der Waals surface area contributed by atoms with Crippen molar-refractivity contribution >= 4 is 29.2 Å². The van der Waals surface area contributed by atoms with Crippen LogP contribution in [-0.4, -0.2) is 18.1 Å². The lowest BCUT2D eigenvalue weighted by atomic mass is 10.1. The molecule has 0 spiro atoms. The van der Waals surface area contributed by atoms with Crippen LogP contribution in [0.1, 0.15) is 24.1 Å². The highest BCUT2D eigenvalue weighted by atomic mass is 35.5. The van der Waals surface area contributed by atoms with E-state index in [1.165, 1.54) is 7.11 Å². The van der Waals surface area contributed by atoms with Gasteiger partial charge in [0.2, 0.25) is 5.88 Å². The van der Waals surface area contributed by atoms with Crippen LogP contribution in [0.5, 0.6) is 5.88 Å². The zero-order valence-electron chi connectivity index (χ0n) is 12.8. The van der Waals surface area contributed by atoms with Crippen molar-refractivity contribution in [2.45, 2.75) is 19.5 Å². The minimum absolute atomic E-state index is 0.254. The van der Waals surface area contributed by atoms with Gasteiger partial charge in [-0.3, -0.25) is 0 Å². The van der Waals surface area contributed by atoms with Crippen LogP contribution in [-0.2, 0) is 6.54 Å². The highest BCUT2D eigenvalue weighted by Crippen LogP contribution is 2.26. The van der Waals surface area contributed by atoms with Crippen LogP contribution in [0.25, 0.3) is 0 Å². The summed E-state index contributed by atoms with van der Waals surface area (Å²) in [5.74, 6) is 0.488. The second kappa shape index (κ2) is 8.04. The molecular weight excluding hydrogens is 337 g/mol. The first-order valence-corrected chi connectivity index (χ1v) is 7.74. The molecule has 0 radical (unpaired) electrons. The second-order valence-electron chi connectivity index (χ2n) is 4.89. The van der Waals surface area contributed by atoms with Crippen LogP contribution in [0.2, 0.25) is 10.0 Å². The molecule has 0 saturated heterocycles. The van der Waals surface area contributed by atoms with Crippen LogP contribution in [0, 0.1) is 0 Å². The van der Waals surface area contributed by atoms with Gasteiger partial charge in [-0.05, 0) is 30.7 Å². The number of hydrogen-bond donors (Lipinski definition) is 2. The number of rotatable bonds is 5. The molecule has 0 aliphatic carbocycles. The van der Waals surface area contributed by atoms with Gasteiger partial charge in [0.1, 0.15) is 0 Å². The van der Waals surface area contributed by atoms with Gasteiger partial charge >= 0.3 is 6.03 Å². The first kappa shape index (κ1) is 17.4. The molecule has 0 bridgehead atoms. The number of benzene rings is 1. The van der Waals surface area contributed by atoms with Crippen LogP contribution < -0.4 is 15.4 Å². The summed E-state index contributed by atoms with van der Waals surface area (Å²) in [6, 6.07) is 8.23. The summed E-state index contributed by atoms with van der Waals surface area (Å²) >= 11 is 12.0. The Kier molecular flexibility index (Phi) is 6.07. The summed E-state index contributed by atoms with van der Waals surface area (Å²) < 4.78 is 5.14. The first-order valence-electron chi connectivity index (χ1n) is 6.98. The standard InChI is InChI=1S/C16H17Cl2N3O2/c1-10(13-6-5-12(17)8-14(13)18)21-16(22)20-9-11-4-3-7-19-15(11)23-2/h3-8,10H,9H2,1-2H3,(H2,20,21,22). The highest BCUT2D eigenvalue weighted by molar-refractivity contribution is 6.35. The quantitative estimate of drug-likeness (QED) is 0.854. The number of carbonyl (C=O) groups excluding carboxylic acids is 1. The van der Waals surface area contributed by atoms with E-state index in [4.69, 9.17) is 27.9 Å². The molecule has 1 aromatic heterocycles. The van der Waals surface area contributed by atoms with Crippen molar-refractivity contribution in [3.8, 4) is 5.88 Å². The Morgan fingerprint density at radius 2 is 2.13 bits per heavy atom. The summed E-state index contributed by atoms with van der Waals surface area (Å²) in [5, 5.41) is 6.66. The van der Waals surface area contributed by atoms with Gasteiger partial charge in [0.05, 0.1) is 13.2 Å². The summed E-state index contributed by atoms with van der Waals surface area (Å²) in [6.07, 6.45) is 1.63. The summed E-state index contributed by atoms with van der Waals surface area (Å²) in [6.45, 7) is 2.16. The number of amides is 2. The number of urea groups is 1. The van der Waals surface area contributed by atoms with Crippen molar-refractivity contribution in [2.75, 3.05) is 7.11 Å². The van der Waals surface area contributed by atoms with E-state index in [0.717, 1.165) is 11.1 Å². The van der Waals surface area contributed by atoms with E-state index in [2.05, 4.69) is 15.6 Å². The Bertz CT molecular complexity index is 695. The Labute approximate surface area is 145 Å². The van der Waals surface area contributed by atoms with Gasteiger partial charge in [0, 0.05) is 28.4 Å². The predicted octanol–water partition coefficient (Wildman–Crippen LogP) is 3.96. The average Bonchev–Trinajstić information content (AvgIpc) is 2.53. The zero-order chi connectivity index (χ0) is 16.8. The first-order chi connectivity index (χ1) is 11.0. The molecule has 5 nitrogen and oxygen atoms in total. The fraction of sp³-hybridized carbons (Fsp3) is 0.250. The van der Waals surface area contributed by atoms with Crippen LogP contribution in [0.4, 0.5) is 4.79 Å². The second-order valence-corrected chi connectivity index (χ2v) is 5.73. The number of nitrogens with one attached hydrogen (secondary N) is 2. The van der Waals surface area contributed by atoms with Crippen LogP contribution in [0.15, 0.2) is 36.5 Å². The fourth-order valence-electron chi connectivity index (χ4n) is 2.10. The van der Waals surface area contributed by atoms with E-state index in [1.54, 1.807) is 30.5 Å². The molecule has 2 aromatic rings. The maximum absolute atomic E-state index is 12.0. The van der Waals surface area contributed by atoms with E-state index >= 15 is 0 Å². The van der Waals surface area contributed by atoms with Gasteiger partial charge in [0.15, 0.2) is 0 Å². The molecule has 0 aliphatic rings. The summed E-state index contributed by atoms with van der Waals surface area (Å²) in [7, 11) is 1.54. The summed E-state index contributed by atoms with van der Waals surface area (Å²) in [5.41, 5.74) is 1.59. The van der Waals surface area contributed by atoms with E-state index in [9.17, 15) is 4.79 Å². The van der Waals surface area contributed by atoms with Gasteiger partial charge in [0.25, 0.3) is 0 Å². The molecule has 0 aliphatic heterocycles. The SMILES string of the molecule is COc1ncccc1CNC(=O)NC(C)c1ccc(Cl)cc1Cl. The van der Waals surface area contributed by atoms with Crippen molar-refractivity contribution < 1.29 is 9.53 Å². The molecule has 23 heavy (non-hydrogen) atoms. The van der Waals surface area contributed by atoms with Gasteiger partial charge in [-0.15, -0.1) is 0 Å². The van der Waals surface area contributed by atoms with E-state index < -0.39 is 0 Å². The molecule has 2 N–H and O–H groups in total. The van der Waals surface area contributed by atoms with E-state index in [0.29, 0.717) is 22.5 Å². The van der Waals surface area contributed by atoms with Crippen LogP contribution in [0.3, 0.4) is 0 Å². The van der Waals surface area contributed by atoms with Gasteiger partial charge < -0.3 is 15.4 Å². The number of ether oxygens (including phenoxy) is 1. The summed E-state index contributed by atoms with van der Waals surface area (Å²) in [4.78, 5) is 16.1. The number of carbonyl (C=O) groups is 1. The topological polar surface area (TPSA) is 63.2 Å². The maximum Gasteiger partial charge on any atom is 0.315 e. The third-order valence-electron chi connectivity index (χ3n) is 3.26. The predicted molar refractivity (Wildman–Crippen MR) is 91.0 cm³/mol. The molecule has 7 heteroatoms. The molecule has 1 aromatic carbocycles. The largest absolute Gasteiger partial charge is 0.481 e. The Morgan fingerprint density at radius 1 is 1.35 bits per heavy atom. The number of pyridine rings is 1. The number of aromatic nitrogens is 1. The number of nitrogens with zero attached hydrogens (tertiary/aromatic N) is 1. The van der Waals surface area contributed by atoms with Crippen molar-refractivity contribution in [3.05, 3.63) is 57.7 Å². The smallest absolute Gasteiger partial charge is 0.315 e. The molecular formula is C16H17Cl2N3O2. The van der Waals surface area contributed by atoms with Gasteiger partial charge in [-0.25, -0.2) is 9.78 Å². The lowest BCUT2D eigenvalue weighted by Crippen LogP contribution is -2.36. The number of hydrogen-bond acceptors (Lipinski definition) is 3. The molecule has 1 unspecified atom stereocenters. The minimum Gasteiger partial charge on any atom is -0.481 e. The Morgan fingerprint density at radius 3 is 2.83 bits per heavy atom. The monoisotopic (exact) mass is 353 g/mol. The molecule has 1 atom stereocenters. The Balaban J connectivity index is 1.94. The molecule has 1 heterocycles. The molecule has 2 rings (SSSR count). The lowest BCUT2D eigenvalue weighted by molar-refractivity contribution is 0.237. The molecule has 0 fully saturated rings. The van der Waals surface area contributed by atoms with E-state index in [-0.39, 0.29) is 12.1 Å². The van der Waals surface area contributed by atoms with Crippen molar-refractivity contribution in [1.29, 1.82) is 0 Å². The molecule has 2 amide bonds. The molecule has 0 saturated carbocycles. The van der Waals surface area contributed by atoms with Crippen molar-refractivity contribution in [3.63, 3.8) is 0 Å². The minimum atomic E-state index is -0.311. The van der Waals surface area contributed by atoms with Crippen molar-refractivity contribution in [2.24, 2.45) is 0 Å². The third kappa shape index (κ3) is 4.74. The number of halogens is 2. The van der Waals surface area contributed by atoms with Gasteiger partial charge in [-0.1, -0.05) is 35.3 Å².